The molecule has 1 N–H and O–H groups in total. The van der Waals surface area contributed by atoms with Gasteiger partial charge in [0.05, 0.1) is 17.6 Å². The van der Waals surface area contributed by atoms with Crippen LogP contribution in [0.15, 0.2) is 34.9 Å². The molecule has 3 aromatic rings. The maximum atomic E-state index is 12.1. The molecule has 0 radical (unpaired) electrons. The molecule has 0 amide bonds. The van der Waals surface area contributed by atoms with E-state index in [1.165, 1.54) is 4.31 Å². The maximum Gasteiger partial charge on any atom is 0.268 e. The molecular formula is C21H27N7O3S. The Kier molecular flexibility index (Phi) is 6.49. The van der Waals surface area contributed by atoms with E-state index < -0.39 is 10.0 Å². The van der Waals surface area contributed by atoms with E-state index in [0.717, 1.165) is 17.7 Å². The van der Waals surface area contributed by atoms with Gasteiger partial charge in [0.15, 0.2) is 5.69 Å². The molecule has 0 aliphatic carbocycles. The van der Waals surface area contributed by atoms with Gasteiger partial charge in [0.25, 0.3) is 5.89 Å². The van der Waals surface area contributed by atoms with Crippen LogP contribution in [0.4, 0.5) is 5.82 Å². The number of aromatic nitrogens is 4. The summed E-state index contributed by atoms with van der Waals surface area (Å²) in [6.07, 6.45) is 1.70. The SMILES string of the molecule is CCS(=O)(=O)N1CCN(c2cnc(C)c(-c3nnc(-c4ccc(CNC)cc4)o3)n2)CC1. The number of nitrogens with zero attached hydrogens (tertiary/aromatic N) is 6. The fourth-order valence-corrected chi connectivity index (χ4v) is 4.66. The first-order valence-corrected chi connectivity index (χ1v) is 12.2. The third kappa shape index (κ3) is 4.64. The van der Waals surface area contributed by atoms with Gasteiger partial charge in [-0.3, -0.25) is 4.98 Å². The Labute approximate surface area is 187 Å². The lowest BCUT2D eigenvalue weighted by Gasteiger charge is -2.34. The monoisotopic (exact) mass is 457 g/mol. The Morgan fingerprint density at radius 3 is 2.41 bits per heavy atom. The minimum absolute atomic E-state index is 0.110. The third-order valence-electron chi connectivity index (χ3n) is 5.47. The molecular weight excluding hydrogens is 430 g/mol. The van der Waals surface area contributed by atoms with Crippen molar-refractivity contribution < 1.29 is 12.8 Å². The molecule has 3 heterocycles. The third-order valence-corrected chi connectivity index (χ3v) is 7.35. The molecule has 0 atom stereocenters. The zero-order chi connectivity index (χ0) is 22.7. The summed E-state index contributed by atoms with van der Waals surface area (Å²) in [6.45, 7) is 6.23. The van der Waals surface area contributed by atoms with Crippen molar-refractivity contribution in [2.75, 3.05) is 43.9 Å². The highest BCUT2D eigenvalue weighted by Gasteiger charge is 2.27. The molecule has 1 saturated heterocycles. The van der Waals surface area contributed by atoms with Gasteiger partial charge >= 0.3 is 0 Å². The van der Waals surface area contributed by atoms with Crippen LogP contribution in [0.5, 0.6) is 0 Å². The van der Waals surface area contributed by atoms with Gasteiger partial charge < -0.3 is 14.6 Å². The Morgan fingerprint density at radius 1 is 1.06 bits per heavy atom. The molecule has 10 nitrogen and oxygen atoms in total. The van der Waals surface area contributed by atoms with E-state index in [1.54, 1.807) is 13.1 Å². The summed E-state index contributed by atoms with van der Waals surface area (Å²) < 4.78 is 31.6. The van der Waals surface area contributed by atoms with E-state index in [2.05, 4.69) is 20.5 Å². The van der Waals surface area contributed by atoms with E-state index in [0.29, 0.717) is 55.2 Å². The highest BCUT2D eigenvalue weighted by atomic mass is 32.2. The fourth-order valence-electron chi connectivity index (χ4n) is 3.58. The number of sulfonamides is 1. The van der Waals surface area contributed by atoms with Crippen molar-refractivity contribution >= 4 is 15.8 Å². The summed E-state index contributed by atoms with van der Waals surface area (Å²) >= 11 is 0. The van der Waals surface area contributed by atoms with Crippen molar-refractivity contribution in [2.24, 2.45) is 0 Å². The van der Waals surface area contributed by atoms with Crippen molar-refractivity contribution in [3.05, 3.63) is 41.7 Å². The minimum Gasteiger partial charge on any atom is -0.415 e. The van der Waals surface area contributed by atoms with Crippen LogP contribution in [0, 0.1) is 6.92 Å². The summed E-state index contributed by atoms with van der Waals surface area (Å²) in [6, 6.07) is 7.92. The molecule has 1 aliphatic rings. The first-order chi connectivity index (χ1) is 15.4. The summed E-state index contributed by atoms with van der Waals surface area (Å²) in [5, 5.41) is 11.5. The topological polar surface area (TPSA) is 117 Å². The van der Waals surface area contributed by atoms with Gasteiger partial charge in [0.1, 0.15) is 5.82 Å². The Morgan fingerprint density at radius 2 is 1.75 bits per heavy atom. The van der Waals surface area contributed by atoms with Crippen LogP contribution in [0.1, 0.15) is 18.2 Å². The summed E-state index contributed by atoms with van der Waals surface area (Å²) in [5.74, 6) is 1.49. The standard InChI is InChI=1S/C21H27N7O3S/c1-4-32(29,30)28-11-9-27(10-12-28)18-14-23-15(2)19(24-18)21-26-25-20(31-21)17-7-5-16(6-8-17)13-22-3/h5-8,14,22H,4,9-13H2,1-3H3. The van der Waals surface area contributed by atoms with E-state index in [-0.39, 0.29) is 5.75 Å². The Hall–Kier alpha value is -2.89. The largest absolute Gasteiger partial charge is 0.415 e. The average molecular weight is 458 g/mol. The van der Waals surface area contributed by atoms with Crippen LogP contribution >= 0.6 is 0 Å². The molecule has 0 bridgehead atoms. The average Bonchev–Trinajstić information content (AvgIpc) is 3.30. The van der Waals surface area contributed by atoms with Crippen molar-refractivity contribution in [3.63, 3.8) is 0 Å². The van der Waals surface area contributed by atoms with E-state index >= 15 is 0 Å². The fraction of sp³-hybridized carbons (Fsp3) is 0.429. The quantitative estimate of drug-likeness (QED) is 0.565. The Bertz CT molecular complexity index is 1170. The molecule has 4 rings (SSSR count). The molecule has 1 fully saturated rings. The summed E-state index contributed by atoms with van der Waals surface area (Å²) in [7, 11) is -1.28. The van der Waals surface area contributed by atoms with Crippen molar-refractivity contribution in [2.45, 2.75) is 20.4 Å². The van der Waals surface area contributed by atoms with Gasteiger partial charge in [-0.1, -0.05) is 12.1 Å². The second kappa shape index (κ2) is 9.31. The van der Waals surface area contributed by atoms with Crippen molar-refractivity contribution in [1.29, 1.82) is 0 Å². The molecule has 1 aromatic carbocycles. The van der Waals surface area contributed by atoms with Gasteiger partial charge in [-0.25, -0.2) is 13.4 Å². The Balaban J connectivity index is 1.53. The number of benzene rings is 1. The number of aryl methyl sites for hydroxylation is 1. The highest BCUT2D eigenvalue weighted by molar-refractivity contribution is 7.89. The molecule has 1 aliphatic heterocycles. The van der Waals surface area contributed by atoms with Gasteiger partial charge in [0.2, 0.25) is 15.9 Å². The number of anilines is 1. The van der Waals surface area contributed by atoms with Crippen molar-refractivity contribution in [3.8, 4) is 23.0 Å². The normalized spacial score (nSPS) is 15.3. The van der Waals surface area contributed by atoms with Gasteiger partial charge in [-0.15, -0.1) is 10.2 Å². The van der Waals surface area contributed by atoms with E-state index in [1.807, 2.05) is 43.1 Å². The zero-order valence-corrected chi connectivity index (χ0v) is 19.3. The molecule has 0 spiro atoms. The predicted octanol–water partition coefficient (Wildman–Crippen LogP) is 1.69. The first kappa shape index (κ1) is 22.3. The maximum absolute atomic E-state index is 12.1. The first-order valence-electron chi connectivity index (χ1n) is 10.6. The van der Waals surface area contributed by atoms with Gasteiger partial charge in [0, 0.05) is 38.3 Å². The molecule has 0 saturated carbocycles. The molecule has 11 heteroatoms. The van der Waals surface area contributed by atoms with Gasteiger partial charge in [-0.2, -0.15) is 4.31 Å². The lowest BCUT2D eigenvalue weighted by atomic mass is 10.1. The van der Waals surface area contributed by atoms with Crippen LogP contribution in [-0.4, -0.2) is 71.9 Å². The van der Waals surface area contributed by atoms with Crippen LogP contribution in [0.2, 0.25) is 0 Å². The lowest BCUT2D eigenvalue weighted by Crippen LogP contribution is -2.49. The summed E-state index contributed by atoms with van der Waals surface area (Å²) in [4.78, 5) is 11.2. The van der Waals surface area contributed by atoms with E-state index in [4.69, 9.17) is 9.40 Å². The minimum atomic E-state index is -3.18. The van der Waals surface area contributed by atoms with E-state index in [9.17, 15) is 8.42 Å². The van der Waals surface area contributed by atoms with Crippen LogP contribution in [0.3, 0.4) is 0 Å². The lowest BCUT2D eigenvalue weighted by molar-refractivity contribution is 0.384. The highest BCUT2D eigenvalue weighted by Crippen LogP contribution is 2.26. The van der Waals surface area contributed by atoms with Gasteiger partial charge in [-0.05, 0) is 38.6 Å². The number of piperazine rings is 1. The molecule has 170 valence electrons. The van der Waals surface area contributed by atoms with Crippen LogP contribution < -0.4 is 10.2 Å². The predicted molar refractivity (Wildman–Crippen MR) is 122 cm³/mol. The number of hydrogen-bond acceptors (Lipinski definition) is 9. The van der Waals surface area contributed by atoms with Crippen molar-refractivity contribution in [1.82, 2.24) is 29.8 Å². The zero-order valence-electron chi connectivity index (χ0n) is 18.4. The second-order valence-corrected chi connectivity index (χ2v) is 9.85. The van der Waals surface area contributed by atoms with Crippen LogP contribution in [-0.2, 0) is 16.6 Å². The van der Waals surface area contributed by atoms with Crippen LogP contribution in [0.25, 0.3) is 23.0 Å². The molecule has 32 heavy (non-hydrogen) atoms. The number of nitrogens with one attached hydrogen (secondary N) is 1. The number of rotatable bonds is 7. The molecule has 0 unspecified atom stereocenters. The smallest absolute Gasteiger partial charge is 0.268 e. The molecule has 2 aromatic heterocycles. The summed E-state index contributed by atoms with van der Waals surface area (Å²) in [5.41, 5.74) is 3.20. The second-order valence-electron chi connectivity index (χ2n) is 7.59. The number of hydrogen-bond donors (Lipinski definition) is 1.